The van der Waals surface area contributed by atoms with Crippen LogP contribution in [-0.2, 0) is 0 Å². The van der Waals surface area contributed by atoms with E-state index in [2.05, 4.69) is 31.9 Å². The number of alkyl halides is 1. The highest BCUT2D eigenvalue weighted by molar-refractivity contribution is 9.10. The van der Waals surface area contributed by atoms with Crippen LogP contribution in [0.3, 0.4) is 0 Å². The molecule has 1 heterocycles. The molecule has 18 heavy (non-hydrogen) atoms. The Morgan fingerprint density at radius 1 is 1.11 bits per heavy atom. The number of furan rings is 1. The highest BCUT2D eigenvalue weighted by Gasteiger charge is 2.19. The predicted octanol–water partition coefficient (Wildman–Crippen LogP) is 4.54. The Morgan fingerprint density at radius 2 is 1.89 bits per heavy atom. The van der Waals surface area contributed by atoms with Gasteiger partial charge in [0, 0.05) is 11.6 Å². The topological polar surface area (TPSA) is 31.6 Å². The van der Waals surface area contributed by atoms with Crippen molar-refractivity contribution in [3.05, 3.63) is 46.3 Å². The van der Waals surface area contributed by atoms with E-state index in [0.717, 1.165) is 22.8 Å². The molecule has 1 unspecified atom stereocenters. The first-order valence-corrected chi connectivity index (χ1v) is 6.97. The Morgan fingerprint density at radius 3 is 2.44 bits per heavy atom. The molecule has 0 saturated heterocycles. The van der Waals surface area contributed by atoms with Gasteiger partial charge in [-0.3, -0.25) is 0 Å². The second kappa shape index (κ2) is 5.80. The van der Waals surface area contributed by atoms with Crippen LogP contribution in [0.4, 0.5) is 0 Å². The van der Waals surface area contributed by atoms with Gasteiger partial charge in [-0.05, 0) is 34.1 Å². The second-order valence-electron chi connectivity index (χ2n) is 3.61. The van der Waals surface area contributed by atoms with Crippen molar-refractivity contribution < 1.29 is 13.9 Å². The lowest BCUT2D eigenvalue weighted by Crippen LogP contribution is -1.96. The second-order valence-corrected chi connectivity index (χ2v) is 5.31. The van der Waals surface area contributed by atoms with Crippen molar-refractivity contribution in [1.82, 2.24) is 0 Å². The van der Waals surface area contributed by atoms with Gasteiger partial charge in [-0.1, -0.05) is 22.0 Å². The maximum absolute atomic E-state index is 5.54. The van der Waals surface area contributed by atoms with Crippen molar-refractivity contribution in [3.63, 3.8) is 0 Å². The highest BCUT2D eigenvalue weighted by atomic mass is 79.9. The third kappa shape index (κ3) is 2.72. The molecule has 2 rings (SSSR count). The summed E-state index contributed by atoms with van der Waals surface area (Å²) in [6, 6.07) is 9.46. The van der Waals surface area contributed by atoms with E-state index in [4.69, 9.17) is 13.9 Å². The van der Waals surface area contributed by atoms with Gasteiger partial charge < -0.3 is 13.9 Å². The molecule has 0 amide bonds. The third-order valence-corrected chi connectivity index (χ3v) is 3.93. The van der Waals surface area contributed by atoms with Crippen LogP contribution < -0.4 is 9.47 Å². The molecule has 0 bridgehead atoms. The molecular formula is C13H12Br2O3. The fourth-order valence-corrected chi connectivity index (χ4v) is 2.59. The van der Waals surface area contributed by atoms with Gasteiger partial charge in [0.1, 0.15) is 22.1 Å². The van der Waals surface area contributed by atoms with E-state index in [1.807, 2.05) is 30.3 Å². The van der Waals surface area contributed by atoms with E-state index < -0.39 is 0 Å². The minimum Gasteiger partial charge on any atom is -0.497 e. The number of rotatable bonds is 4. The zero-order valence-electron chi connectivity index (χ0n) is 9.94. The standard InChI is InChI=1S/C13H12Br2O3/c1-16-8-3-4-9(11(7-8)17-2)13(15)10-5-6-12(14)18-10/h3-7,13H,1-2H3. The van der Waals surface area contributed by atoms with Crippen molar-refractivity contribution in [3.8, 4) is 11.5 Å². The van der Waals surface area contributed by atoms with Crippen molar-refractivity contribution in [2.75, 3.05) is 14.2 Å². The number of ether oxygens (including phenoxy) is 2. The summed E-state index contributed by atoms with van der Waals surface area (Å²) in [6.45, 7) is 0. The summed E-state index contributed by atoms with van der Waals surface area (Å²) in [4.78, 5) is -0.0651. The van der Waals surface area contributed by atoms with Crippen molar-refractivity contribution in [1.29, 1.82) is 0 Å². The fraction of sp³-hybridized carbons (Fsp3) is 0.231. The smallest absolute Gasteiger partial charge is 0.169 e. The minimum atomic E-state index is -0.0651. The van der Waals surface area contributed by atoms with Gasteiger partial charge >= 0.3 is 0 Å². The lowest BCUT2D eigenvalue weighted by atomic mass is 10.1. The Balaban J connectivity index is 2.38. The molecule has 0 saturated carbocycles. The van der Waals surface area contributed by atoms with E-state index in [-0.39, 0.29) is 4.83 Å². The maximum Gasteiger partial charge on any atom is 0.169 e. The Kier molecular flexibility index (Phi) is 4.35. The first-order valence-electron chi connectivity index (χ1n) is 5.27. The first-order chi connectivity index (χ1) is 8.65. The third-order valence-electron chi connectivity index (χ3n) is 2.56. The number of hydrogen-bond donors (Lipinski definition) is 0. The van der Waals surface area contributed by atoms with Crippen molar-refractivity contribution >= 4 is 31.9 Å². The van der Waals surface area contributed by atoms with Crippen LogP contribution in [-0.4, -0.2) is 14.2 Å². The summed E-state index contributed by atoms with van der Waals surface area (Å²) in [7, 11) is 3.26. The number of benzene rings is 1. The largest absolute Gasteiger partial charge is 0.497 e. The Bertz CT molecular complexity index is 537. The summed E-state index contributed by atoms with van der Waals surface area (Å²) in [5, 5.41) is 0. The van der Waals surface area contributed by atoms with Gasteiger partial charge in [-0.25, -0.2) is 0 Å². The molecule has 0 aliphatic heterocycles. The van der Waals surface area contributed by atoms with Crippen LogP contribution in [0.1, 0.15) is 16.2 Å². The minimum absolute atomic E-state index is 0.0651. The highest BCUT2D eigenvalue weighted by Crippen LogP contribution is 2.39. The zero-order chi connectivity index (χ0) is 13.1. The van der Waals surface area contributed by atoms with Crippen LogP contribution in [0.15, 0.2) is 39.4 Å². The lowest BCUT2D eigenvalue weighted by molar-refractivity contribution is 0.390. The molecule has 5 heteroatoms. The molecule has 2 aromatic rings. The van der Waals surface area contributed by atoms with Crippen LogP contribution in [0.2, 0.25) is 0 Å². The van der Waals surface area contributed by atoms with Gasteiger partial charge in [0.15, 0.2) is 4.67 Å². The Hall–Kier alpha value is -0.940. The average Bonchev–Trinajstić information content (AvgIpc) is 2.83. The van der Waals surface area contributed by atoms with Crippen LogP contribution >= 0.6 is 31.9 Å². The number of halogens is 2. The Labute approximate surface area is 122 Å². The van der Waals surface area contributed by atoms with Gasteiger partial charge in [-0.15, -0.1) is 0 Å². The lowest BCUT2D eigenvalue weighted by Gasteiger charge is -2.13. The van der Waals surface area contributed by atoms with Crippen LogP contribution in [0, 0.1) is 0 Å². The summed E-state index contributed by atoms with van der Waals surface area (Å²) in [6.07, 6.45) is 0. The zero-order valence-corrected chi connectivity index (χ0v) is 13.1. The molecule has 96 valence electrons. The molecule has 3 nitrogen and oxygen atoms in total. The van der Waals surface area contributed by atoms with Gasteiger partial charge in [0.05, 0.1) is 14.2 Å². The van der Waals surface area contributed by atoms with Gasteiger partial charge in [-0.2, -0.15) is 0 Å². The van der Waals surface area contributed by atoms with E-state index >= 15 is 0 Å². The molecule has 0 fully saturated rings. The molecule has 1 atom stereocenters. The van der Waals surface area contributed by atoms with E-state index in [0.29, 0.717) is 4.67 Å². The van der Waals surface area contributed by atoms with Crippen molar-refractivity contribution in [2.24, 2.45) is 0 Å². The molecular weight excluding hydrogens is 364 g/mol. The molecule has 1 aromatic carbocycles. The van der Waals surface area contributed by atoms with Crippen LogP contribution in [0.25, 0.3) is 0 Å². The molecule has 0 N–H and O–H groups in total. The summed E-state index contributed by atoms with van der Waals surface area (Å²) >= 11 is 6.90. The molecule has 0 aliphatic rings. The molecule has 0 aliphatic carbocycles. The van der Waals surface area contributed by atoms with E-state index in [9.17, 15) is 0 Å². The van der Waals surface area contributed by atoms with E-state index in [1.165, 1.54) is 0 Å². The monoisotopic (exact) mass is 374 g/mol. The SMILES string of the molecule is COc1ccc(C(Br)c2ccc(Br)o2)c(OC)c1. The molecule has 0 radical (unpaired) electrons. The van der Waals surface area contributed by atoms with E-state index in [1.54, 1.807) is 14.2 Å². The molecule has 0 spiro atoms. The summed E-state index contributed by atoms with van der Waals surface area (Å²) < 4.78 is 16.8. The van der Waals surface area contributed by atoms with Gasteiger partial charge in [0.25, 0.3) is 0 Å². The number of hydrogen-bond acceptors (Lipinski definition) is 3. The summed E-state index contributed by atoms with van der Waals surface area (Å²) in [5.74, 6) is 2.32. The van der Waals surface area contributed by atoms with Crippen molar-refractivity contribution in [2.45, 2.75) is 4.83 Å². The van der Waals surface area contributed by atoms with Crippen LogP contribution in [0.5, 0.6) is 11.5 Å². The van der Waals surface area contributed by atoms with Gasteiger partial charge in [0.2, 0.25) is 0 Å². The fourth-order valence-electron chi connectivity index (χ4n) is 1.65. The predicted molar refractivity (Wildman–Crippen MR) is 76.7 cm³/mol. The average molecular weight is 376 g/mol. The summed E-state index contributed by atoms with van der Waals surface area (Å²) in [5.41, 5.74) is 0.986. The maximum atomic E-state index is 5.54. The molecule has 1 aromatic heterocycles. The number of methoxy groups -OCH3 is 2. The normalized spacial score (nSPS) is 12.2. The quantitative estimate of drug-likeness (QED) is 0.735. The first kappa shape index (κ1) is 13.5.